The predicted molar refractivity (Wildman–Crippen MR) is 123 cm³/mol. The molecule has 8 nitrogen and oxygen atoms in total. The Bertz CT molecular complexity index is 1240. The normalized spacial score (nSPS) is 17.1. The van der Waals surface area contributed by atoms with Crippen LogP contribution in [0.5, 0.6) is 5.75 Å². The van der Waals surface area contributed by atoms with Gasteiger partial charge in [-0.25, -0.2) is 9.78 Å². The molecule has 1 fully saturated rings. The molecule has 8 heteroatoms. The molecule has 4 rings (SSSR count). The van der Waals surface area contributed by atoms with Crippen molar-refractivity contribution in [3.05, 3.63) is 83.2 Å². The van der Waals surface area contributed by atoms with Gasteiger partial charge in [-0.3, -0.25) is 9.59 Å². The van der Waals surface area contributed by atoms with E-state index in [0.717, 1.165) is 37.2 Å². The van der Waals surface area contributed by atoms with Gasteiger partial charge in [-0.1, -0.05) is 18.7 Å². The molecular formula is C24H25N5O3. The number of carbonyl (C=O) groups excluding carboxylic acids is 1. The number of nitrogens with one attached hydrogen (secondary N) is 1. The number of ether oxygens (including phenoxy) is 1. The number of aromatic amines is 1. The number of piperidine rings is 1. The van der Waals surface area contributed by atoms with Crippen LogP contribution >= 0.6 is 0 Å². The molecule has 1 amide bonds. The molecule has 1 saturated heterocycles. The Morgan fingerprint density at radius 1 is 1.31 bits per heavy atom. The third-order valence-corrected chi connectivity index (χ3v) is 5.49. The summed E-state index contributed by atoms with van der Waals surface area (Å²) in [5.41, 5.74) is 1.83. The molecule has 1 unspecified atom stereocenters. The second-order valence-electron chi connectivity index (χ2n) is 7.59. The number of nitrogens with zero attached hydrogens (tertiary/aromatic N) is 4. The molecule has 1 aliphatic heterocycles. The highest BCUT2D eigenvalue weighted by Gasteiger charge is 2.28. The third-order valence-electron chi connectivity index (χ3n) is 5.49. The van der Waals surface area contributed by atoms with E-state index in [1.807, 2.05) is 49.4 Å². The van der Waals surface area contributed by atoms with Crippen LogP contribution in [-0.4, -0.2) is 44.4 Å². The third kappa shape index (κ3) is 4.25. The Morgan fingerprint density at radius 3 is 2.84 bits per heavy atom. The van der Waals surface area contributed by atoms with Gasteiger partial charge in [0, 0.05) is 19.0 Å². The number of hydrogen-bond acceptors (Lipinski definition) is 5. The molecule has 3 heterocycles. The van der Waals surface area contributed by atoms with Crippen LogP contribution < -0.4 is 10.3 Å². The first-order valence-electron chi connectivity index (χ1n) is 10.5. The standard InChI is InChI=1S/C24H25N5O3/c1-3-5-8-19(4-2)32-20-11-9-18(10-12-20)29-23(17-7-6-13-28(15-17)16-30)22-21(27-29)14-25-26-24(22)31/h3-5,8-12,14,16-17H,2,6-7,13,15H2,1H3,(H,26,31)/b5-3-,19-8+. The number of rotatable bonds is 7. The zero-order chi connectivity index (χ0) is 22.5. The van der Waals surface area contributed by atoms with Crippen LogP contribution in [0.25, 0.3) is 16.6 Å². The Kier molecular flexibility index (Phi) is 6.30. The van der Waals surface area contributed by atoms with E-state index in [0.29, 0.717) is 29.0 Å². The average molecular weight is 431 g/mol. The van der Waals surface area contributed by atoms with Crippen molar-refractivity contribution >= 4 is 17.3 Å². The fourth-order valence-electron chi connectivity index (χ4n) is 4.01. The largest absolute Gasteiger partial charge is 0.457 e. The summed E-state index contributed by atoms with van der Waals surface area (Å²) in [4.78, 5) is 25.8. The van der Waals surface area contributed by atoms with Gasteiger partial charge in [0.1, 0.15) is 17.0 Å². The Morgan fingerprint density at radius 2 is 2.12 bits per heavy atom. The Hall–Kier alpha value is -3.94. The molecule has 32 heavy (non-hydrogen) atoms. The molecule has 0 aliphatic carbocycles. The number of benzene rings is 1. The smallest absolute Gasteiger partial charge is 0.275 e. The lowest BCUT2D eigenvalue weighted by Crippen LogP contribution is -2.34. The maximum absolute atomic E-state index is 12.6. The summed E-state index contributed by atoms with van der Waals surface area (Å²) < 4.78 is 7.65. The average Bonchev–Trinajstić information content (AvgIpc) is 3.23. The monoisotopic (exact) mass is 431 g/mol. The van der Waals surface area contributed by atoms with Crippen LogP contribution in [-0.2, 0) is 4.79 Å². The van der Waals surface area contributed by atoms with Gasteiger partial charge in [0.25, 0.3) is 5.56 Å². The number of aromatic nitrogens is 4. The van der Waals surface area contributed by atoms with Gasteiger partial charge < -0.3 is 9.64 Å². The molecule has 0 bridgehead atoms. The highest BCUT2D eigenvalue weighted by Crippen LogP contribution is 2.32. The predicted octanol–water partition coefficient (Wildman–Crippen LogP) is 3.47. The van der Waals surface area contributed by atoms with E-state index >= 15 is 0 Å². The van der Waals surface area contributed by atoms with Crippen LogP contribution in [0.3, 0.4) is 0 Å². The van der Waals surface area contributed by atoms with E-state index in [4.69, 9.17) is 4.74 Å². The van der Waals surface area contributed by atoms with Crippen LogP contribution in [0.2, 0.25) is 0 Å². The minimum absolute atomic E-state index is 0.00508. The van der Waals surface area contributed by atoms with E-state index in [2.05, 4.69) is 21.9 Å². The van der Waals surface area contributed by atoms with Gasteiger partial charge in [-0.05, 0) is 56.2 Å². The lowest BCUT2D eigenvalue weighted by Gasteiger charge is -2.30. The van der Waals surface area contributed by atoms with Gasteiger partial charge in [-0.2, -0.15) is 10.2 Å². The Balaban J connectivity index is 1.74. The van der Waals surface area contributed by atoms with Gasteiger partial charge in [0.2, 0.25) is 6.41 Å². The van der Waals surface area contributed by atoms with Crippen molar-refractivity contribution in [3.8, 4) is 11.4 Å². The Labute approximate surface area is 185 Å². The number of carbonyl (C=O) groups is 1. The zero-order valence-corrected chi connectivity index (χ0v) is 17.9. The summed E-state index contributed by atoms with van der Waals surface area (Å²) in [6, 6.07) is 7.48. The highest BCUT2D eigenvalue weighted by molar-refractivity contribution is 5.81. The topological polar surface area (TPSA) is 93.1 Å². The van der Waals surface area contributed by atoms with Crippen molar-refractivity contribution in [2.45, 2.75) is 25.7 Å². The first-order valence-corrected chi connectivity index (χ1v) is 10.5. The van der Waals surface area contributed by atoms with Crippen LogP contribution in [0.1, 0.15) is 31.4 Å². The lowest BCUT2D eigenvalue weighted by atomic mass is 9.93. The molecule has 0 saturated carbocycles. The molecule has 1 atom stereocenters. The van der Waals surface area contributed by atoms with E-state index in [9.17, 15) is 9.59 Å². The fourth-order valence-corrected chi connectivity index (χ4v) is 4.01. The molecule has 0 spiro atoms. The number of fused-ring (bicyclic) bond motifs is 1. The fraction of sp³-hybridized carbons (Fsp3) is 0.250. The molecule has 1 aliphatic rings. The first-order chi connectivity index (χ1) is 15.6. The molecule has 0 radical (unpaired) electrons. The van der Waals surface area contributed by atoms with E-state index in [1.165, 1.54) is 0 Å². The van der Waals surface area contributed by atoms with Crippen LogP contribution in [0.4, 0.5) is 0 Å². The quantitative estimate of drug-likeness (QED) is 0.351. The maximum atomic E-state index is 12.6. The van der Waals surface area contributed by atoms with Crippen molar-refractivity contribution in [1.82, 2.24) is 24.9 Å². The summed E-state index contributed by atoms with van der Waals surface area (Å²) in [7, 11) is 0. The molecule has 2 aromatic heterocycles. The van der Waals surface area contributed by atoms with Crippen molar-refractivity contribution in [1.29, 1.82) is 0 Å². The van der Waals surface area contributed by atoms with E-state index in [-0.39, 0.29) is 11.5 Å². The van der Waals surface area contributed by atoms with E-state index in [1.54, 1.807) is 21.9 Å². The van der Waals surface area contributed by atoms with Gasteiger partial charge in [0.05, 0.1) is 23.0 Å². The van der Waals surface area contributed by atoms with Crippen molar-refractivity contribution < 1.29 is 9.53 Å². The summed E-state index contributed by atoms with van der Waals surface area (Å²) in [5, 5.41) is 11.6. The zero-order valence-electron chi connectivity index (χ0n) is 17.9. The molecule has 164 valence electrons. The first kappa shape index (κ1) is 21.3. The van der Waals surface area contributed by atoms with Crippen LogP contribution in [0.15, 0.2) is 71.9 Å². The SMILES string of the molecule is C=C/C(=C\C=C/C)Oc1ccc(-n2nc3cn[nH]c(=O)c3c2C2CCCN(C=O)C2)cc1. The van der Waals surface area contributed by atoms with Crippen molar-refractivity contribution in [3.63, 3.8) is 0 Å². The minimum Gasteiger partial charge on any atom is -0.457 e. The van der Waals surface area contributed by atoms with Crippen LogP contribution in [0, 0.1) is 0 Å². The molecular weight excluding hydrogens is 406 g/mol. The highest BCUT2D eigenvalue weighted by atomic mass is 16.5. The molecule has 1 aromatic carbocycles. The second kappa shape index (κ2) is 9.47. The van der Waals surface area contributed by atoms with Gasteiger partial charge in [0.15, 0.2) is 0 Å². The maximum Gasteiger partial charge on any atom is 0.275 e. The number of H-pyrrole nitrogens is 1. The minimum atomic E-state index is -0.281. The summed E-state index contributed by atoms with van der Waals surface area (Å²) in [5.74, 6) is 1.29. The number of amides is 1. The molecule has 1 N–H and O–H groups in total. The van der Waals surface area contributed by atoms with E-state index < -0.39 is 0 Å². The number of hydrogen-bond donors (Lipinski definition) is 1. The second-order valence-corrected chi connectivity index (χ2v) is 7.59. The summed E-state index contributed by atoms with van der Waals surface area (Å²) >= 11 is 0. The number of likely N-dealkylation sites (tertiary alicyclic amines) is 1. The van der Waals surface area contributed by atoms with Crippen molar-refractivity contribution in [2.24, 2.45) is 0 Å². The summed E-state index contributed by atoms with van der Waals surface area (Å²) in [6.07, 6.45) is 11.4. The molecule has 3 aromatic rings. The number of allylic oxidation sites excluding steroid dienone is 4. The van der Waals surface area contributed by atoms with Gasteiger partial charge in [-0.15, -0.1) is 0 Å². The lowest BCUT2D eigenvalue weighted by molar-refractivity contribution is -0.119. The van der Waals surface area contributed by atoms with Crippen molar-refractivity contribution in [2.75, 3.05) is 13.1 Å². The van der Waals surface area contributed by atoms with Gasteiger partial charge >= 0.3 is 0 Å². The summed E-state index contributed by atoms with van der Waals surface area (Å²) in [6.45, 7) is 6.98.